The molecular formula is C18H42Br2N4O2. The highest BCUT2D eigenvalue weighted by atomic mass is 79.9. The summed E-state index contributed by atoms with van der Waals surface area (Å²) in [5, 5.41) is 2.83. The number of nitrogens with two attached hydrogens (primary N) is 1. The lowest BCUT2D eigenvalue weighted by Gasteiger charge is -2.33. The van der Waals surface area contributed by atoms with E-state index in [2.05, 4.69) is 33.5 Å². The summed E-state index contributed by atoms with van der Waals surface area (Å²) in [5.41, 5.74) is 5.17. The molecule has 0 atom stereocenters. The molecule has 0 aliphatic carbocycles. The van der Waals surface area contributed by atoms with Gasteiger partial charge >= 0.3 is 6.09 Å². The number of alkyl carbamates (subject to hydrolysis) is 1. The number of nitrogens with zero attached hydrogens (tertiary/aromatic N) is 2. The quantitative estimate of drug-likeness (QED) is 0.221. The van der Waals surface area contributed by atoms with Crippen LogP contribution in [-0.2, 0) is 4.74 Å². The van der Waals surface area contributed by atoms with E-state index in [4.69, 9.17) is 10.5 Å². The van der Waals surface area contributed by atoms with Crippen LogP contribution in [0.1, 0.15) is 40.0 Å². The Morgan fingerprint density at radius 1 is 0.885 bits per heavy atom. The number of nitrogens with one attached hydrogen (secondary N) is 1. The minimum absolute atomic E-state index is 0. The Morgan fingerprint density at radius 2 is 1.31 bits per heavy atom. The first-order chi connectivity index (χ1) is 10.9. The highest BCUT2D eigenvalue weighted by molar-refractivity contribution is 5.67. The van der Waals surface area contributed by atoms with E-state index < -0.39 is 5.60 Å². The average molecular weight is 506 g/mol. The van der Waals surface area contributed by atoms with Crippen LogP contribution in [0.2, 0.25) is 0 Å². The van der Waals surface area contributed by atoms with Gasteiger partial charge in [0.25, 0.3) is 0 Å². The van der Waals surface area contributed by atoms with Gasteiger partial charge in [0.05, 0.1) is 54.4 Å². The topological polar surface area (TPSA) is 64.3 Å². The molecule has 6 nitrogen and oxygen atoms in total. The number of hydrogen-bond donors (Lipinski definition) is 2. The fourth-order valence-corrected chi connectivity index (χ4v) is 2.68. The van der Waals surface area contributed by atoms with Crippen molar-refractivity contribution in [3.63, 3.8) is 0 Å². The van der Waals surface area contributed by atoms with Crippen molar-refractivity contribution in [2.45, 2.75) is 45.6 Å². The van der Waals surface area contributed by atoms with Gasteiger partial charge in [0.2, 0.25) is 0 Å². The summed E-state index contributed by atoms with van der Waals surface area (Å²) in [6, 6.07) is 0. The van der Waals surface area contributed by atoms with Crippen LogP contribution < -0.4 is 45.0 Å². The van der Waals surface area contributed by atoms with Gasteiger partial charge in [0, 0.05) is 25.8 Å². The Kier molecular flexibility index (Phi) is 16.8. The summed E-state index contributed by atoms with van der Waals surface area (Å²) in [5.74, 6) is 0. The summed E-state index contributed by atoms with van der Waals surface area (Å²) >= 11 is 0. The largest absolute Gasteiger partial charge is 1.00 e. The van der Waals surface area contributed by atoms with E-state index in [-0.39, 0.29) is 40.1 Å². The number of hydrogen-bond acceptors (Lipinski definition) is 3. The molecule has 160 valence electrons. The molecule has 0 spiro atoms. The number of ether oxygens (including phenoxy) is 1. The van der Waals surface area contributed by atoms with Crippen molar-refractivity contribution < 1.29 is 52.5 Å². The second kappa shape index (κ2) is 14.2. The van der Waals surface area contributed by atoms with Crippen LogP contribution in [0, 0.1) is 0 Å². The summed E-state index contributed by atoms with van der Waals surface area (Å²) in [7, 11) is 9.07. The smallest absolute Gasteiger partial charge is 0.407 e. The predicted molar refractivity (Wildman–Crippen MR) is 101 cm³/mol. The van der Waals surface area contributed by atoms with E-state index in [1.807, 2.05) is 20.8 Å². The van der Waals surface area contributed by atoms with Gasteiger partial charge < -0.3 is 58.7 Å². The number of quaternary nitrogens is 2. The molecule has 0 heterocycles. The van der Waals surface area contributed by atoms with E-state index in [0.717, 1.165) is 48.0 Å². The lowest BCUT2D eigenvalue weighted by molar-refractivity contribution is -0.909. The van der Waals surface area contributed by atoms with Crippen molar-refractivity contribution in [3.8, 4) is 0 Å². The van der Waals surface area contributed by atoms with Crippen LogP contribution >= 0.6 is 0 Å². The molecule has 0 saturated heterocycles. The predicted octanol–water partition coefficient (Wildman–Crippen LogP) is -4.20. The molecule has 0 fully saturated rings. The molecule has 0 saturated carbocycles. The normalized spacial score (nSPS) is 12.0. The average Bonchev–Trinajstić information content (AvgIpc) is 2.39. The fourth-order valence-electron chi connectivity index (χ4n) is 2.68. The second-order valence-corrected chi connectivity index (χ2v) is 9.04. The molecule has 26 heavy (non-hydrogen) atoms. The molecule has 0 bridgehead atoms. The molecule has 0 aromatic heterocycles. The van der Waals surface area contributed by atoms with Gasteiger partial charge in [-0.15, -0.1) is 0 Å². The molecule has 8 heteroatoms. The Hall–Kier alpha value is 0.110. The highest BCUT2D eigenvalue weighted by Crippen LogP contribution is 2.07. The zero-order chi connectivity index (χ0) is 18.9. The summed E-state index contributed by atoms with van der Waals surface area (Å²) in [6.07, 6.45) is 2.91. The van der Waals surface area contributed by atoms with Gasteiger partial charge in [-0.25, -0.2) is 4.79 Å². The van der Waals surface area contributed by atoms with Crippen LogP contribution in [0.15, 0.2) is 0 Å². The van der Waals surface area contributed by atoms with Gasteiger partial charge in [0.15, 0.2) is 0 Å². The number of halogens is 2. The van der Waals surface area contributed by atoms with E-state index in [1.165, 1.54) is 13.0 Å². The molecule has 0 aliphatic rings. The van der Waals surface area contributed by atoms with E-state index in [1.54, 1.807) is 0 Å². The maximum atomic E-state index is 11.6. The van der Waals surface area contributed by atoms with Crippen LogP contribution in [-0.4, -0.2) is 88.1 Å². The van der Waals surface area contributed by atoms with Crippen molar-refractivity contribution in [3.05, 3.63) is 0 Å². The zero-order valence-electron chi connectivity index (χ0n) is 17.9. The SMILES string of the molecule is CC(C)(C)OC(=O)NCCC[N+](C)(C)CCC[N+](C)(C)CCCN.[Br-].[Br-]. The van der Waals surface area contributed by atoms with Gasteiger partial charge in [0.1, 0.15) is 5.60 Å². The lowest BCUT2D eigenvalue weighted by Crippen LogP contribution is -3.00. The Balaban J connectivity index is -0.00000264. The Labute approximate surface area is 182 Å². The van der Waals surface area contributed by atoms with Crippen molar-refractivity contribution in [1.82, 2.24) is 5.32 Å². The Bertz CT molecular complexity index is 373. The van der Waals surface area contributed by atoms with Gasteiger partial charge in [-0.2, -0.15) is 0 Å². The van der Waals surface area contributed by atoms with E-state index in [9.17, 15) is 4.79 Å². The standard InChI is InChI=1S/C18H41N4O2.2BrH/c1-18(2,3)24-17(23)20-12-9-14-22(6,7)16-10-15-21(4,5)13-8-11-19;;/h8-16,19H2,1-7H3;2*1H/q+1;;/p-1. The number of carbonyl (C=O) groups is 1. The molecule has 0 unspecified atom stereocenters. The first-order valence-corrected chi connectivity index (χ1v) is 9.18. The number of rotatable bonds is 11. The van der Waals surface area contributed by atoms with Gasteiger partial charge in [-0.05, 0) is 27.3 Å². The monoisotopic (exact) mass is 504 g/mol. The first kappa shape index (κ1) is 30.8. The highest BCUT2D eigenvalue weighted by Gasteiger charge is 2.20. The lowest BCUT2D eigenvalue weighted by atomic mass is 10.2. The molecule has 0 radical (unpaired) electrons. The van der Waals surface area contributed by atoms with Crippen molar-refractivity contribution >= 4 is 6.09 Å². The third kappa shape index (κ3) is 18.9. The Morgan fingerprint density at radius 3 is 1.73 bits per heavy atom. The molecule has 1 amide bonds. The zero-order valence-corrected chi connectivity index (χ0v) is 21.1. The second-order valence-electron chi connectivity index (χ2n) is 9.04. The third-order valence-corrected chi connectivity index (χ3v) is 4.10. The molecule has 0 aromatic carbocycles. The fraction of sp³-hybridized carbons (Fsp3) is 0.944. The summed E-state index contributed by atoms with van der Waals surface area (Å²) in [4.78, 5) is 11.6. The van der Waals surface area contributed by atoms with E-state index >= 15 is 0 Å². The van der Waals surface area contributed by atoms with Crippen molar-refractivity contribution in [1.29, 1.82) is 0 Å². The van der Waals surface area contributed by atoms with Crippen molar-refractivity contribution in [2.75, 3.05) is 67.5 Å². The van der Waals surface area contributed by atoms with Gasteiger partial charge in [-0.3, -0.25) is 0 Å². The van der Waals surface area contributed by atoms with Crippen LogP contribution in [0.4, 0.5) is 4.79 Å². The third-order valence-electron chi connectivity index (χ3n) is 4.10. The number of amides is 1. The minimum Gasteiger partial charge on any atom is -1.00 e. The molecule has 0 aromatic rings. The van der Waals surface area contributed by atoms with Crippen LogP contribution in [0.25, 0.3) is 0 Å². The number of carbonyl (C=O) groups excluding carboxylic acids is 1. The van der Waals surface area contributed by atoms with E-state index in [0.29, 0.717) is 6.54 Å². The molecule has 0 aliphatic heterocycles. The molecule has 3 N–H and O–H groups in total. The van der Waals surface area contributed by atoms with Gasteiger partial charge in [-0.1, -0.05) is 0 Å². The summed E-state index contributed by atoms with van der Waals surface area (Å²) < 4.78 is 7.26. The maximum Gasteiger partial charge on any atom is 0.407 e. The first-order valence-electron chi connectivity index (χ1n) is 9.18. The van der Waals surface area contributed by atoms with Crippen molar-refractivity contribution in [2.24, 2.45) is 5.73 Å². The van der Waals surface area contributed by atoms with Crippen LogP contribution in [0.5, 0.6) is 0 Å². The maximum absolute atomic E-state index is 11.6. The molecule has 0 rings (SSSR count). The van der Waals surface area contributed by atoms with Crippen LogP contribution in [0.3, 0.4) is 0 Å². The molecular weight excluding hydrogens is 464 g/mol. The summed E-state index contributed by atoms with van der Waals surface area (Å²) in [6.45, 7) is 11.6. The minimum atomic E-state index is -0.436.